The van der Waals surface area contributed by atoms with E-state index in [4.69, 9.17) is 20.4 Å². The van der Waals surface area contributed by atoms with Gasteiger partial charge in [0.05, 0.1) is 18.8 Å². The average Bonchev–Trinajstić information content (AvgIpc) is 3.43. The maximum atomic E-state index is 12.5. The smallest absolute Gasteiger partial charge is 0.333 e. The fourth-order valence-electron chi connectivity index (χ4n) is 3.87. The van der Waals surface area contributed by atoms with Crippen LogP contribution in [-0.4, -0.2) is 127 Å². The maximum Gasteiger partial charge on any atom is 0.333 e. The van der Waals surface area contributed by atoms with Crippen LogP contribution in [0.1, 0.15) is 51.4 Å². The van der Waals surface area contributed by atoms with Crippen molar-refractivity contribution < 1.29 is 68.7 Å². The summed E-state index contributed by atoms with van der Waals surface area (Å²) in [5.41, 5.74) is 5.71. The van der Waals surface area contributed by atoms with Gasteiger partial charge >= 0.3 is 11.9 Å². The number of aliphatic hydroxyl groups is 5. The van der Waals surface area contributed by atoms with E-state index >= 15 is 0 Å². The van der Waals surface area contributed by atoms with Crippen molar-refractivity contribution in [2.45, 2.75) is 81.8 Å². The average molecular weight is 617 g/mol. The van der Waals surface area contributed by atoms with Gasteiger partial charge in [0.2, 0.25) is 11.7 Å². The Morgan fingerprint density at radius 1 is 0.930 bits per heavy atom. The highest BCUT2D eigenvalue weighted by Crippen LogP contribution is 2.17. The number of amides is 5. The number of aliphatic hydroxyl groups excluding tert-OH is 5. The molecule has 18 heteroatoms. The van der Waals surface area contributed by atoms with Gasteiger partial charge < -0.3 is 46.2 Å². The minimum Gasteiger partial charge on any atom is -0.419 e. The SMILES string of the molecule is N[C@@H](CCC(=O)NC[C@H](O)[C@@H](O)[C@H](O)[C@H](O)CO)C(=O)OC1=CC(=O)N(CCCCCC(=O)ON2C(=O)CCC2=O)C1=O. The quantitative estimate of drug-likeness (QED) is 0.0435. The van der Waals surface area contributed by atoms with Gasteiger partial charge in [-0.2, -0.15) is 0 Å². The second-order valence-electron chi connectivity index (χ2n) is 9.83. The molecule has 43 heavy (non-hydrogen) atoms. The number of nitrogens with one attached hydrogen (secondary N) is 1. The van der Waals surface area contributed by atoms with E-state index in [0.717, 1.165) is 11.0 Å². The molecule has 5 amide bonds. The zero-order valence-corrected chi connectivity index (χ0v) is 23.1. The molecule has 240 valence electrons. The van der Waals surface area contributed by atoms with Crippen LogP contribution >= 0.6 is 0 Å². The first-order valence-electron chi connectivity index (χ1n) is 13.5. The van der Waals surface area contributed by atoms with Crippen molar-refractivity contribution in [2.75, 3.05) is 19.7 Å². The van der Waals surface area contributed by atoms with Crippen molar-refractivity contribution in [3.63, 3.8) is 0 Å². The molecule has 0 saturated carbocycles. The molecule has 0 aromatic rings. The van der Waals surface area contributed by atoms with Gasteiger partial charge in [-0.15, -0.1) is 5.06 Å². The highest BCUT2D eigenvalue weighted by Gasteiger charge is 2.35. The van der Waals surface area contributed by atoms with Crippen LogP contribution in [0, 0.1) is 0 Å². The molecule has 5 atom stereocenters. The van der Waals surface area contributed by atoms with Crippen molar-refractivity contribution in [3.8, 4) is 0 Å². The maximum absolute atomic E-state index is 12.5. The summed E-state index contributed by atoms with van der Waals surface area (Å²) < 4.78 is 4.93. The summed E-state index contributed by atoms with van der Waals surface area (Å²) in [4.78, 5) is 89.3. The molecule has 0 unspecified atom stereocenters. The summed E-state index contributed by atoms with van der Waals surface area (Å²) >= 11 is 0. The van der Waals surface area contributed by atoms with Gasteiger partial charge in [-0.05, 0) is 19.3 Å². The van der Waals surface area contributed by atoms with Crippen molar-refractivity contribution in [2.24, 2.45) is 5.73 Å². The van der Waals surface area contributed by atoms with E-state index in [9.17, 15) is 54.0 Å². The first kappa shape index (κ1) is 35.4. The minimum absolute atomic E-state index is 0.0228. The third kappa shape index (κ3) is 10.4. The number of esters is 1. The summed E-state index contributed by atoms with van der Waals surface area (Å²) in [5.74, 6) is -5.92. The lowest BCUT2D eigenvalue weighted by Crippen LogP contribution is -2.49. The molecule has 0 radical (unpaired) electrons. The van der Waals surface area contributed by atoms with Crippen LogP contribution in [0.5, 0.6) is 0 Å². The molecule has 2 rings (SSSR count). The van der Waals surface area contributed by atoms with E-state index in [1.54, 1.807) is 0 Å². The van der Waals surface area contributed by atoms with Crippen molar-refractivity contribution in [3.05, 3.63) is 11.8 Å². The van der Waals surface area contributed by atoms with Crippen LogP contribution in [0.2, 0.25) is 0 Å². The standard InChI is InChI=1S/C25H36N4O14/c26-13(5-6-17(33)27-11-14(31)22(38)23(39)15(32)12-30)25(41)42-16-10-20(36)28(24(16)40)9-3-1-2-4-21(37)43-29-18(34)7-8-19(29)35/h10,13-15,22-23,30-32,38-39H,1-9,11-12,26H2,(H,27,33)/t13-,14-,15+,22+,23+/m0/s1. The molecule has 2 heterocycles. The molecule has 18 nitrogen and oxygen atoms in total. The normalized spacial score (nSPS) is 18.7. The molecule has 8 N–H and O–H groups in total. The van der Waals surface area contributed by atoms with Crippen molar-refractivity contribution >= 4 is 41.5 Å². The summed E-state index contributed by atoms with van der Waals surface area (Å²) in [6.45, 7) is -1.44. The van der Waals surface area contributed by atoms with Gasteiger partial charge in [0.1, 0.15) is 24.4 Å². The lowest BCUT2D eigenvalue weighted by Gasteiger charge is -2.25. The molecule has 2 aliphatic rings. The minimum atomic E-state index is -1.87. The fourth-order valence-corrected chi connectivity index (χ4v) is 3.87. The summed E-state index contributed by atoms with van der Waals surface area (Å²) in [5, 5.41) is 49.9. The highest BCUT2D eigenvalue weighted by molar-refractivity contribution is 6.15. The number of hydrogen-bond donors (Lipinski definition) is 7. The van der Waals surface area contributed by atoms with Gasteiger partial charge in [-0.1, -0.05) is 6.42 Å². The van der Waals surface area contributed by atoms with Gasteiger partial charge in [-0.25, -0.2) is 9.59 Å². The Bertz CT molecular complexity index is 1100. The van der Waals surface area contributed by atoms with E-state index in [1.165, 1.54) is 0 Å². The van der Waals surface area contributed by atoms with E-state index in [0.29, 0.717) is 17.9 Å². The number of carbonyl (C=O) groups is 7. The van der Waals surface area contributed by atoms with Crippen LogP contribution in [-0.2, 0) is 43.1 Å². The number of carbonyl (C=O) groups excluding carboxylic acids is 7. The Labute approximate surface area is 244 Å². The molecule has 2 aliphatic heterocycles. The monoisotopic (exact) mass is 616 g/mol. The molecule has 0 aromatic heterocycles. The third-order valence-corrected chi connectivity index (χ3v) is 6.47. The largest absolute Gasteiger partial charge is 0.419 e. The first-order valence-corrected chi connectivity index (χ1v) is 13.5. The fraction of sp³-hybridized carbons (Fsp3) is 0.640. The van der Waals surface area contributed by atoms with E-state index in [1.807, 2.05) is 0 Å². The Balaban J connectivity index is 1.66. The number of nitrogens with two attached hydrogens (primary N) is 1. The highest BCUT2D eigenvalue weighted by atomic mass is 16.7. The molecule has 0 aromatic carbocycles. The number of rotatable bonds is 18. The zero-order valence-electron chi connectivity index (χ0n) is 23.1. The van der Waals surface area contributed by atoms with Crippen LogP contribution in [0.15, 0.2) is 11.8 Å². The Morgan fingerprint density at radius 3 is 2.19 bits per heavy atom. The van der Waals surface area contributed by atoms with E-state index in [-0.39, 0.29) is 45.1 Å². The van der Waals surface area contributed by atoms with Crippen LogP contribution in [0.4, 0.5) is 0 Å². The number of hydrogen-bond acceptors (Lipinski definition) is 15. The molecular formula is C25H36N4O14. The first-order chi connectivity index (χ1) is 20.3. The predicted molar refractivity (Wildman–Crippen MR) is 138 cm³/mol. The Hall–Kier alpha value is -3.81. The summed E-state index contributed by atoms with van der Waals surface area (Å²) in [7, 11) is 0. The number of hydroxylamine groups is 2. The number of nitrogens with zero attached hydrogens (tertiary/aromatic N) is 2. The zero-order chi connectivity index (χ0) is 32.3. The number of imide groups is 2. The third-order valence-electron chi connectivity index (χ3n) is 6.47. The van der Waals surface area contributed by atoms with Gasteiger partial charge in [0, 0.05) is 38.8 Å². The number of unbranched alkanes of at least 4 members (excludes halogenated alkanes) is 2. The predicted octanol–water partition coefficient (Wildman–Crippen LogP) is -4.39. The number of ether oxygens (including phenoxy) is 1. The van der Waals surface area contributed by atoms with E-state index < -0.39 is 90.8 Å². The molecule has 1 saturated heterocycles. The molecule has 0 spiro atoms. The molecule has 1 fully saturated rings. The van der Waals surface area contributed by atoms with Crippen LogP contribution in [0.3, 0.4) is 0 Å². The van der Waals surface area contributed by atoms with Crippen molar-refractivity contribution in [1.29, 1.82) is 0 Å². The molecule has 0 bridgehead atoms. The van der Waals surface area contributed by atoms with Crippen LogP contribution in [0.25, 0.3) is 0 Å². The lowest BCUT2D eigenvalue weighted by atomic mass is 10.0. The molecular weight excluding hydrogens is 580 g/mol. The summed E-state index contributed by atoms with van der Waals surface area (Å²) in [6, 6.07) is -1.37. The second-order valence-corrected chi connectivity index (χ2v) is 9.83. The Kier molecular flexibility index (Phi) is 13.8. The topological polar surface area (TPSA) is 284 Å². The van der Waals surface area contributed by atoms with Gasteiger partial charge in [0.25, 0.3) is 23.6 Å². The van der Waals surface area contributed by atoms with Crippen LogP contribution < -0.4 is 11.1 Å². The Morgan fingerprint density at radius 2 is 1.56 bits per heavy atom. The van der Waals surface area contributed by atoms with Gasteiger partial charge in [-0.3, -0.25) is 28.9 Å². The van der Waals surface area contributed by atoms with E-state index in [2.05, 4.69) is 5.32 Å². The second kappa shape index (κ2) is 16.7. The molecule has 0 aliphatic carbocycles. The lowest BCUT2D eigenvalue weighted by molar-refractivity contribution is -0.197. The van der Waals surface area contributed by atoms with Gasteiger partial charge in [0.15, 0.2) is 0 Å². The summed E-state index contributed by atoms with van der Waals surface area (Å²) in [6.07, 6.45) is -6.08. The van der Waals surface area contributed by atoms with Crippen molar-refractivity contribution in [1.82, 2.24) is 15.3 Å².